The number of hydrogen-bond donors (Lipinski definition) is 1. The van der Waals surface area contributed by atoms with E-state index in [2.05, 4.69) is 15.5 Å². The van der Waals surface area contributed by atoms with Gasteiger partial charge in [0.25, 0.3) is 5.91 Å². The average molecular weight is 404 g/mol. The lowest BCUT2D eigenvalue weighted by Gasteiger charge is -2.16. The van der Waals surface area contributed by atoms with E-state index in [0.29, 0.717) is 5.82 Å². The fraction of sp³-hybridized carbons (Fsp3) is 0.200. The van der Waals surface area contributed by atoms with Gasteiger partial charge in [0.2, 0.25) is 0 Å². The number of para-hydroxylation sites is 1. The Morgan fingerprint density at radius 3 is 2.40 bits per heavy atom. The van der Waals surface area contributed by atoms with Crippen molar-refractivity contribution in [3.05, 3.63) is 45.5 Å². The predicted molar refractivity (Wildman–Crippen MR) is 96.4 cm³/mol. The molecule has 0 aliphatic carbocycles. The Bertz CT molecular complexity index is 751. The molecular weight excluding hydrogens is 391 g/mol. The molecule has 1 heterocycles. The smallest absolute Gasteiger partial charge is 0.326 e. The number of nitrogens with zero attached hydrogens (tertiary/aromatic N) is 3. The molecule has 0 spiro atoms. The second-order valence-corrected chi connectivity index (χ2v) is 6.08. The summed E-state index contributed by atoms with van der Waals surface area (Å²) in [5.41, 5.74) is 0.264. The molecular formula is C15H13Cl3N4O3. The quantitative estimate of drug-likeness (QED) is 0.746. The fourth-order valence-corrected chi connectivity index (χ4v) is 2.36. The van der Waals surface area contributed by atoms with Crippen LogP contribution in [0.5, 0.6) is 0 Å². The number of amides is 1. The highest BCUT2D eigenvalue weighted by molar-refractivity contribution is 6.39. The van der Waals surface area contributed by atoms with Gasteiger partial charge in [0.05, 0.1) is 15.7 Å². The number of anilines is 2. The molecule has 0 aliphatic heterocycles. The summed E-state index contributed by atoms with van der Waals surface area (Å²) in [6.45, 7) is -0.586. The van der Waals surface area contributed by atoms with Gasteiger partial charge >= 0.3 is 5.97 Å². The lowest BCUT2D eigenvalue weighted by atomic mass is 10.3. The highest BCUT2D eigenvalue weighted by atomic mass is 35.5. The van der Waals surface area contributed by atoms with Crippen LogP contribution in [0, 0.1) is 0 Å². The van der Waals surface area contributed by atoms with Gasteiger partial charge in [-0.05, 0) is 24.3 Å². The Morgan fingerprint density at radius 2 is 1.80 bits per heavy atom. The second kappa shape index (κ2) is 8.84. The van der Waals surface area contributed by atoms with E-state index in [1.54, 1.807) is 37.4 Å². The molecule has 0 saturated heterocycles. The maximum absolute atomic E-state index is 11.9. The molecule has 0 unspecified atom stereocenters. The topological polar surface area (TPSA) is 84.4 Å². The van der Waals surface area contributed by atoms with Crippen LogP contribution in [0.25, 0.3) is 0 Å². The molecule has 1 amide bonds. The first kappa shape index (κ1) is 19.2. The zero-order valence-electron chi connectivity index (χ0n) is 13.0. The van der Waals surface area contributed by atoms with Gasteiger partial charge in [-0.1, -0.05) is 40.9 Å². The Hall–Kier alpha value is -2.09. The van der Waals surface area contributed by atoms with Gasteiger partial charge in [0.15, 0.2) is 17.6 Å². The number of carbonyl (C=O) groups is 2. The third-order valence-electron chi connectivity index (χ3n) is 2.97. The predicted octanol–water partition coefficient (Wildman–Crippen LogP) is 3.05. The number of carbonyl (C=O) groups excluding carboxylic acids is 2. The van der Waals surface area contributed by atoms with E-state index in [0.717, 1.165) is 0 Å². The van der Waals surface area contributed by atoms with Gasteiger partial charge in [0, 0.05) is 7.05 Å². The first-order chi connectivity index (χ1) is 11.9. The number of ether oxygens (including phenoxy) is 1. The number of esters is 1. The van der Waals surface area contributed by atoms with Crippen molar-refractivity contribution in [2.45, 2.75) is 0 Å². The van der Waals surface area contributed by atoms with E-state index >= 15 is 0 Å². The third kappa shape index (κ3) is 5.74. The van der Waals surface area contributed by atoms with Crippen molar-refractivity contribution in [3.63, 3.8) is 0 Å². The minimum absolute atomic E-state index is 0.115. The van der Waals surface area contributed by atoms with Crippen molar-refractivity contribution < 1.29 is 14.3 Å². The molecule has 1 aromatic carbocycles. The van der Waals surface area contributed by atoms with E-state index in [4.69, 9.17) is 39.5 Å². The van der Waals surface area contributed by atoms with Crippen LogP contribution < -0.4 is 10.2 Å². The van der Waals surface area contributed by atoms with Crippen LogP contribution in [-0.4, -0.2) is 42.3 Å². The zero-order valence-corrected chi connectivity index (χ0v) is 15.3. The summed E-state index contributed by atoms with van der Waals surface area (Å²) in [7, 11) is 1.63. The molecule has 132 valence electrons. The number of rotatable bonds is 6. The number of likely N-dealkylation sites (N-methyl/N-ethyl adjacent to an activating group) is 1. The van der Waals surface area contributed by atoms with Crippen LogP contribution >= 0.6 is 34.8 Å². The summed E-state index contributed by atoms with van der Waals surface area (Å²) in [4.78, 5) is 25.2. The monoisotopic (exact) mass is 402 g/mol. The van der Waals surface area contributed by atoms with Crippen molar-refractivity contribution in [3.8, 4) is 0 Å². The summed E-state index contributed by atoms with van der Waals surface area (Å²) in [5, 5.41) is 10.8. The number of halogens is 3. The number of benzene rings is 1. The Labute approximate surface area is 158 Å². The van der Waals surface area contributed by atoms with Crippen molar-refractivity contribution >= 4 is 58.2 Å². The summed E-state index contributed by atoms with van der Waals surface area (Å²) < 4.78 is 4.92. The molecule has 2 aromatic rings. The van der Waals surface area contributed by atoms with Crippen LogP contribution in [0.3, 0.4) is 0 Å². The number of nitrogens with one attached hydrogen (secondary N) is 1. The Morgan fingerprint density at radius 1 is 1.12 bits per heavy atom. The van der Waals surface area contributed by atoms with Crippen LogP contribution in [0.1, 0.15) is 0 Å². The van der Waals surface area contributed by atoms with Crippen LogP contribution in [0.2, 0.25) is 15.2 Å². The van der Waals surface area contributed by atoms with Gasteiger partial charge in [0.1, 0.15) is 6.54 Å². The van der Waals surface area contributed by atoms with Gasteiger partial charge in [-0.2, -0.15) is 0 Å². The van der Waals surface area contributed by atoms with Crippen molar-refractivity contribution in [1.29, 1.82) is 0 Å². The van der Waals surface area contributed by atoms with Crippen LogP contribution in [-0.2, 0) is 14.3 Å². The summed E-state index contributed by atoms with van der Waals surface area (Å²) in [6.07, 6.45) is 0. The molecule has 0 atom stereocenters. The molecule has 25 heavy (non-hydrogen) atoms. The maximum atomic E-state index is 11.9. The molecule has 0 saturated carbocycles. The maximum Gasteiger partial charge on any atom is 0.326 e. The lowest BCUT2D eigenvalue weighted by Crippen LogP contribution is -2.30. The number of aromatic nitrogens is 2. The molecule has 1 aromatic heterocycles. The van der Waals surface area contributed by atoms with Gasteiger partial charge in [-0.15, -0.1) is 10.2 Å². The first-order valence-corrected chi connectivity index (χ1v) is 8.10. The van der Waals surface area contributed by atoms with Gasteiger partial charge in [-0.3, -0.25) is 9.59 Å². The highest BCUT2D eigenvalue weighted by Crippen LogP contribution is 2.29. The molecule has 7 nitrogen and oxygen atoms in total. The van der Waals surface area contributed by atoms with E-state index < -0.39 is 18.5 Å². The molecule has 0 aliphatic rings. The minimum atomic E-state index is -0.611. The average Bonchev–Trinajstić information content (AvgIpc) is 2.57. The lowest BCUT2D eigenvalue weighted by molar-refractivity contribution is -0.145. The Kier molecular flexibility index (Phi) is 6.81. The molecule has 2 rings (SSSR count). The summed E-state index contributed by atoms with van der Waals surface area (Å²) in [6, 6.07) is 7.96. The standard InChI is InChI=1S/C15H13Cl3N4O3/c1-22(12-6-5-11(18)20-21-12)7-14(24)25-8-13(23)19-15-9(16)3-2-4-10(15)17/h2-6H,7-8H2,1H3,(H,19,23). The SMILES string of the molecule is CN(CC(=O)OCC(=O)Nc1c(Cl)cccc1Cl)c1ccc(Cl)nn1. The van der Waals surface area contributed by atoms with Crippen molar-refractivity contribution in [2.75, 3.05) is 30.4 Å². The van der Waals surface area contributed by atoms with Crippen LogP contribution in [0.4, 0.5) is 11.5 Å². The van der Waals surface area contributed by atoms with Crippen molar-refractivity contribution in [1.82, 2.24) is 10.2 Å². The molecule has 10 heteroatoms. The van der Waals surface area contributed by atoms with Gasteiger partial charge < -0.3 is 15.0 Å². The first-order valence-electron chi connectivity index (χ1n) is 6.96. The summed E-state index contributed by atoms with van der Waals surface area (Å²) in [5.74, 6) is -0.731. The van der Waals surface area contributed by atoms with E-state index in [-0.39, 0.29) is 27.4 Å². The fourth-order valence-electron chi connectivity index (χ4n) is 1.77. The van der Waals surface area contributed by atoms with Crippen molar-refractivity contribution in [2.24, 2.45) is 0 Å². The van der Waals surface area contributed by atoms with Crippen LogP contribution in [0.15, 0.2) is 30.3 Å². The normalized spacial score (nSPS) is 10.2. The third-order valence-corrected chi connectivity index (χ3v) is 3.80. The van der Waals surface area contributed by atoms with E-state index in [9.17, 15) is 9.59 Å². The molecule has 1 N–H and O–H groups in total. The van der Waals surface area contributed by atoms with E-state index in [1.807, 2.05) is 0 Å². The molecule has 0 fully saturated rings. The Balaban J connectivity index is 1.83. The highest BCUT2D eigenvalue weighted by Gasteiger charge is 2.14. The molecule has 0 radical (unpaired) electrons. The number of hydrogen-bond acceptors (Lipinski definition) is 6. The second-order valence-electron chi connectivity index (χ2n) is 4.88. The largest absolute Gasteiger partial charge is 0.454 e. The van der Waals surface area contributed by atoms with Gasteiger partial charge in [-0.25, -0.2) is 0 Å². The summed E-state index contributed by atoms with van der Waals surface area (Å²) >= 11 is 17.5. The molecule has 0 bridgehead atoms. The zero-order chi connectivity index (χ0) is 18.4. The van der Waals surface area contributed by atoms with E-state index in [1.165, 1.54) is 4.90 Å². The minimum Gasteiger partial charge on any atom is -0.454 e.